The van der Waals surface area contributed by atoms with Crippen LogP contribution in [0.5, 0.6) is 5.75 Å². The lowest BCUT2D eigenvalue weighted by atomic mass is 9.85. The van der Waals surface area contributed by atoms with Crippen LogP contribution in [0.3, 0.4) is 0 Å². The first-order valence-electron chi connectivity index (χ1n) is 10.6. The molecule has 1 aromatic heterocycles. The van der Waals surface area contributed by atoms with E-state index in [9.17, 15) is 18.0 Å². The molecule has 0 saturated carbocycles. The molecule has 3 atom stereocenters. The molecule has 2 aliphatic heterocycles. The Balaban J connectivity index is 1.36. The molecular formula is C21H26F3N5O2. The van der Waals surface area contributed by atoms with Crippen molar-refractivity contribution in [1.82, 2.24) is 19.7 Å². The van der Waals surface area contributed by atoms with Crippen molar-refractivity contribution in [2.24, 2.45) is 5.92 Å². The number of alkyl halides is 2. The first kappa shape index (κ1) is 21.5. The molecule has 0 bridgehead atoms. The molecular weight excluding hydrogens is 411 g/mol. The fourth-order valence-corrected chi connectivity index (χ4v) is 4.43. The Hall–Kier alpha value is -2.78. The van der Waals surface area contributed by atoms with E-state index >= 15 is 0 Å². The predicted octanol–water partition coefficient (Wildman–Crippen LogP) is 3.50. The lowest BCUT2D eigenvalue weighted by Gasteiger charge is -2.40. The van der Waals surface area contributed by atoms with Gasteiger partial charge in [-0.3, -0.25) is 4.79 Å². The molecule has 0 spiro atoms. The molecule has 1 N–H and O–H groups in total. The topological polar surface area (TPSA) is 72.3 Å². The van der Waals surface area contributed by atoms with Gasteiger partial charge in [-0.25, -0.2) is 17.9 Å². The predicted molar refractivity (Wildman–Crippen MR) is 108 cm³/mol. The SMILES string of the molecule is CC[C@H](Oc1ccccc1F)C(=O)N1CCC([C@@H]2C[C@H](C(F)F)n3ncnc3N2)CC1. The first-order valence-corrected chi connectivity index (χ1v) is 10.6. The maximum absolute atomic E-state index is 13.9. The molecule has 1 aromatic carbocycles. The summed E-state index contributed by atoms with van der Waals surface area (Å²) in [5, 5.41) is 7.15. The van der Waals surface area contributed by atoms with Crippen molar-refractivity contribution in [3.8, 4) is 5.75 Å². The van der Waals surface area contributed by atoms with Gasteiger partial charge in [-0.15, -0.1) is 0 Å². The van der Waals surface area contributed by atoms with Gasteiger partial charge in [0.05, 0.1) is 0 Å². The number of carbonyl (C=O) groups is 1. The number of amides is 1. The largest absolute Gasteiger partial charge is 0.478 e. The fourth-order valence-electron chi connectivity index (χ4n) is 4.43. The van der Waals surface area contributed by atoms with Crippen molar-refractivity contribution in [3.05, 3.63) is 36.4 Å². The van der Waals surface area contributed by atoms with E-state index in [1.165, 1.54) is 23.1 Å². The minimum absolute atomic E-state index is 0.0612. The third-order valence-electron chi connectivity index (χ3n) is 6.16. The molecule has 1 fully saturated rings. The summed E-state index contributed by atoms with van der Waals surface area (Å²) in [5.74, 6) is -0.109. The average Bonchev–Trinajstić information content (AvgIpc) is 3.26. The van der Waals surface area contributed by atoms with E-state index in [0.29, 0.717) is 38.3 Å². The zero-order valence-corrected chi connectivity index (χ0v) is 17.3. The van der Waals surface area contributed by atoms with E-state index < -0.39 is 24.4 Å². The molecule has 31 heavy (non-hydrogen) atoms. The van der Waals surface area contributed by atoms with Gasteiger partial charge in [-0.2, -0.15) is 10.1 Å². The number of aromatic nitrogens is 3. The van der Waals surface area contributed by atoms with Gasteiger partial charge in [0.2, 0.25) is 5.95 Å². The second kappa shape index (κ2) is 9.15. The van der Waals surface area contributed by atoms with Crippen LogP contribution in [0.4, 0.5) is 19.1 Å². The van der Waals surface area contributed by atoms with Crippen molar-refractivity contribution in [2.75, 3.05) is 18.4 Å². The van der Waals surface area contributed by atoms with Gasteiger partial charge < -0.3 is 15.0 Å². The summed E-state index contributed by atoms with van der Waals surface area (Å²) in [7, 11) is 0. The summed E-state index contributed by atoms with van der Waals surface area (Å²) in [6.07, 6.45) is 0.0502. The smallest absolute Gasteiger partial charge is 0.263 e. The van der Waals surface area contributed by atoms with Crippen LogP contribution in [-0.2, 0) is 4.79 Å². The van der Waals surface area contributed by atoms with Crippen LogP contribution < -0.4 is 10.1 Å². The van der Waals surface area contributed by atoms with Crippen molar-refractivity contribution in [2.45, 2.75) is 57.2 Å². The van der Waals surface area contributed by atoms with Gasteiger partial charge in [0.1, 0.15) is 12.4 Å². The van der Waals surface area contributed by atoms with Gasteiger partial charge in [0.25, 0.3) is 12.3 Å². The third kappa shape index (κ3) is 4.47. The number of anilines is 1. The Kier molecular flexibility index (Phi) is 6.33. The number of piperidine rings is 1. The van der Waals surface area contributed by atoms with Crippen LogP contribution in [0.15, 0.2) is 30.6 Å². The van der Waals surface area contributed by atoms with E-state index in [1.54, 1.807) is 17.0 Å². The van der Waals surface area contributed by atoms with Gasteiger partial charge in [-0.1, -0.05) is 19.1 Å². The third-order valence-corrected chi connectivity index (χ3v) is 6.16. The summed E-state index contributed by atoms with van der Waals surface area (Å²) in [6, 6.07) is 4.88. The molecule has 7 nitrogen and oxygen atoms in total. The number of hydrogen-bond acceptors (Lipinski definition) is 5. The van der Waals surface area contributed by atoms with E-state index in [-0.39, 0.29) is 30.0 Å². The number of nitrogens with one attached hydrogen (secondary N) is 1. The molecule has 4 rings (SSSR count). The van der Waals surface area contributed by atoms with Crippen LogP contribution in [0, 0.1) is 11.7 Å². The van der Waals surface area contributed by atoms with Gasteiger partial charge in [-0.05, 0) is 43.7 Å². The summed E-state index contributed by atoms with van der Waals surface area (Å²) in [6.45, 7) is 2.83. The molecule has 2 aliphatic rings. The lowest BCUT2D eigenvalue weighted by molar-refractivity contribution is -0.140. The summed E-state index contributed by atoms with van der Waals surface area (Å²) >= 11 is 0. The number of hydrogen-bond donors (Lipinski definition) is 1. The first-order chi connectivity index (χ1) is 15.0. The van der Waals surface area contributed by atoms with E-state index in [2.05, 4.69) is 15.4 Å². The van der Waals surface area contributed by atoms with Gasteiger partial charge in [0.15, 0.2) is 17.7 Å². The zero-order valence-electron chi connectivity index (χ0n) is 17.3. The second-order valence-electron chi connectivity index (χ2n) is 8.02. The van der Waals surface area contributed by atoms with Crippen molar-refractivity contribution in [1.29, 1.82) is 0 Å². The van der Waals surface area contributed by atoms with Gasteiger partial charge >= 0.3 is 0 Å². The molecule has 0 radical (unpaired) electrons. The number of nitrogens with zero attached hydrogens (tertiary/aromatic N) is 4. The lowest BCUT2D eigenvalue weighted by Crippen LogP contribution is -2.49. The minimum Gasteiger partial charge on any atom is -0.478 e. The molecule has 1 saturated heterocycles. The van der Waals surface area contributed by atoms with Crippen LogP contribution in [-0.4, -0.2) is 57.2 Å². The van der Waals surface area contributed by atoms with Crippen LogP contribution in [0.25, 0.3) is 0 Å². The highest BCUT2D eigenvalue weighted by Gasteiger charge is 2.39. The molecule has 168 valence electrons. The highest BCUT2D eigenvalue weighted by Crippen LogP contribution is 2.35. The summed E-state index contributed by atoms with van der Waals surface area (Å²) < 4.78 is 47.8. The quantitative estimate of drug-likeness (QED) is 0.749. The highest BCUT2D eigenvalue weighted by atomic mass is 19.3. The fraction of sp³-hybridized carbons (Fsp3) is 0.571. The maximum atomic E-state index is 13.9. The highest BCUT2D eigenvalue weighted by molar-refractivity contribution is 5.81. The average molecular weight is 437 g/mol. The number of fused-ring (bicyclic) bond motifs is 1. The molecule has 0 aliphatic carbocycles. The molecule has 10 heteroatoms. The Morgan fingerprint density at radius 3 is 2.71 bits per heavy atom. The van der Waals surface area contributed by atoms with Crippen molar-refractivity contribution >= 4 is 11.9 Å². The second-order valence-corrected chi connectivity index (χ2v) is 8.02. The Bertz CT molecular complexity index is 901. The van der Waals surface area contributed by atoms with E-state index in [0.717, 1.165) is 0 Å². The number of halogens is 3. The Labute approximate surface area is 178 Å². The number of carbonyl (C=O) groups excluding carboxylic acids is 1. The van der Waals surface area contributed by atoms with Crippen LogP contribution in [0.1, 0.15) is 38.6 Å². The standard InChI is InChI=1S/C21H26F3N5O2/c1-2-17(31-18-6-4-3-5-14(18)22)20(30)28-9-7-13(8-10-28)15-11-16(19(23)24)29-21(27-15)25-12-26-29/h3-6,12-13,15-17,19H,2,7-11H2,1H3,(H,25,26,27)/t15-,16+,17-/m0/s1. The van der Waals surface area contributed by atoms with Crippen molar-refractivity contribution in [3.63, 3.8) is 0 Å². The Morgan fingerprint density at radius 1 is 1.29 bits per heavy atom. The zero-order chi connectivity index (χ0) is 22.0. The molecule has 2 aromatic rings. The van der Waals surface area contributed by atoms with Crippen LogP contribution in [0.2, 0.25) is 0 Å². The van der Waals surface area contributed by atoms with Crippen molar-refractivity contribution < 1.29 is 22.7 Å². The van der Waals surface area contributed by atoms with Gasteiger partial charge in [0, 0.05) is 19.1 Å². The normalized spacial score (nSPS) is 22.7. The molecule has 3 heterocycles. The maximum Gasteiger partial charge on any atom is 0.263 e. The summed E-state index contributed by atoms with van der Waals surface area (Å²) in [4.78, 5) is 18.7. The van der Waals surface area contributed by atoms with E-state index in [1.807, 2.05) is 6.92 Å². The van der Waals surface area contributed by atoms with Crippen LogP contribution >= 0.6 is 0 Å². The minimum atomic E-state index is -2.52. The number of rotatable bonds is 6. The summed E-state index contributed by atoms with van der Waals surface area (Å²) in [5.41, 5.74) is 0. The molecule has 1 amide bonds. The number of ether oxygens (including phenoxy) is 1. The Morgan fingerprint density at radius 2 is 2.03 bits per heavy atom. The molecule has 0 unspecified atom stereocenters. The number of benzene rings is 1. The van der Waals surface area contributed by atoms with E-state index in [4.69, 9.17) is 4.74 Å². The number of para-hydroxylation sites is 1. The number of likely N-dealkylation sites (tertiary alicyclic amines) is 1. The monoisotopic (exact) mass is 437 g/mol.